The first kappa shape index (κ1) is 24.7. The molecule has 12 heteroatoms. The maximum absolute atomic E-state index is 11.7. The summed E-state index contributed by atoms with van der Waals surface area (Å²) in [5, 5.41) is 16.7. The van der Waals surface area contributed by atoms with Gasteiger partial charge in [-0.05, 0) is 55.9 Å². The third-order valence-corrected chi connectivity index (χ3v) is 6.38. The molecule has 2 amide bonds. The van der Waals surface area contributed by atoms with E-state index in [1.807, 2.05) is 37.3 Å². The summed E-state index contributed by atoms with van der Waals surface area (Å²) in [7, 11) is 2.12. The number of nitrogens with zero attached hydrogens (tertiary/aromatic N) is 6. The minimum Gasteiger partial charge on any atom is -0.338 e. The summed E-state index contributed by atoms with van der Waals surface area (Å²) in [4.78, 5) is 31.3. The van der Waals surface area contributed by atoms with Gasteiger partial charge in [0.15, 0.2) is 11.0 Å². The summed E-state index contributed by atoms with van der Waals surface area (Å²) in [6.45, 7) is 10.3. The van der Waals surface area contributed by atoms with Crippen LogP contribution in [0.25, 0.3) is 0 Å². The summed E-state index contributed by atoms with van der Waals surface area (Å²) in [5.41, 5.74) is 1.76. The number of urea groups is 1. The van der Waals surface area contributed by atoms with Crippen molar-refractivity contribution in [3.63, 3.8) is 0 Å². The molecule has 3 aromatic rings. The maximum Gasteiger partial charge on any atom is 0.319 e. The molecule has 1 saturated heterocycles. The summed E-state index contributed by atoms with van der Waals surface area (Å²) in [6, 6.07) is 9.32. The molecular weight excluding hydrogens is 464 g/mol. The molecule has 1 aliphatic rings. The second-order valence-electron chi connectivity index (χ2n) is 8.63. The van der Waals surface area contributed by atoms with Gasteiger partial charge in [-0.25, -0.2) is 4.79 Å². The van der Waals surface area contributed by atoms with Gasteiger partial charge in [-0.15, -0.1) is 0 Å². The largest absolute Gasteiger partial charge is 0.338 e. The number of benzene rings is 1. The second kappa shape index (κ2) is 11.4. The van der Waals surface area contributed by atoms with Crippen molar-refractivity contribution in [3.05, 3.63) is 36.0 Å². The standard InChI is InChI=1S/C23H32N10OS/c1-5-24-22(34)25-16-6-8-17(9-7-16)35-23-28-20(26-19-14-18(15(2)3)30-31-19)27-21(29-23)33-12-10-32(4)11-13-33/h6-9,14-15H,5,10-13H2,1-4H3,(H2,24,25,34)(H2,26,27,28,29,30,31). The fourth-order valence-electron chi connectivity index (χ4n) is 3.45. The van der Waals surface area contributed by atoms with Gasteiger partial charge in [0.25, 0.3) is 0 Å². The van der Waals surface area contributed by atoms with Crippen LogP contribution in [0.5, 0.6) is 0 Å². The fraction of sp³-hybridized carbons (Fsp3) is 0.435. The van der Waals surface area contributed by atoms with Gasteiger partial charge < -0.3 is 25.8 Å². The van der Waals surface area contributed by atoms with Crippen LogP contribution in [-0.4, -0.2) is 75.9 Å². The Morgan fingerprint density at radius 2 is 1.86 bits per heavy atom. The molecule has 35 heavy (non-hydrogen) atoms. The van der Waals surface area contributed by atoms with Crippen molar-refractivity contribution >= 4 is 41.2 Å². The van der Waals surface area contributed by atoms with Crippen molar-refractivity contribution in [2.75, 3.05) is 55.3 Å². The molecular formula is C23H32N10OS. The number of rotatable bonds is 8. The Kier molecular flexibility index (Phi) is 8.03. The van der Waals surface area contributed by atoms with Crippen LogP contribution in [0.3, 0.4) is 0 Å². The van der Waals surface area contributed by atoms with E-state index >= 15 is 0 Å². The molecule has 1 fully saturated rings. The van der Waals surface area contributed by atoms with Crippen molar-refractivity contribution < 1.29 is 4.79 Å². The zero-order valence-corrected chi connectivity index (χ0v) is 21.3. The Balaban J connectivity index is 1.54. The zero-order chi connectivity index (χ0) is 24.8. The van der Waals surface area contributed by atoms with Crippen LogP contribution in [0.15, 0.2) is 40.4 Å². The molecule has 3 heterocycles. The second-order valence-corrected chi connectivity index (χ2v) is 9.67. The number of hydrogen-bond acceptors (Lipinski definition) is 9. The number of hydrogen-bond donors (Lipinski definition) is 4. The van der Waals surface area contributed by atoms with Gasteiger partial charge in [0, 0.05) is 55.1 Å². The van der Waals surface area contributed by atoms with E-state index in [0.29, 0.717) is 35.3 Å². The van der Waals surface area contributed by atoms with Gasteiger partial charge in [0.2, 0.25) is 11.9 Å². The minimum absolute atomic E-state index is 0.225. The lowest BCUT2D eigenvalue weighted by atomic mass is 10.1. The molecule has 11 nitrogen and oxygen atoms in total. The number of anilines is 4. The normalized spacial score (nSPS) is 14.3. The molecule has 1 aromatic carbocycles. The molecule has 4 rings (SSSR count). The van der Waals surface area contributed by atoms with Crippen LogP contribution in [0.4, 0.5) is 28.2 Å². The topological polar surface area (TPSA) is 127 Å². The average Bonchev–Trinajstić information content (AvgIpc) is 3.30. The highest BCUT2D eigenvalue weighted by Crippen LogP contribution is 2.29. The van der Waals surface area contributed by atoms with E-state index in [1.165, 1.54) is 11.8 Å². The van der Waals surface area contributed by atoms with Crippen LogP contribution in [0.1, 0.15) is 32.4 Å². The number of nitrogens with one attached hydrogen (secondary N) is 4. The maximum atomic E-state index is 11.7. The number of amides is 2. The van der Waals surface area contributed by atoms with Gasteiger partial charge >= 0.3 is 6.03 Å². The Morgan fingerprint density at radius 1 is 1.11 bits per heavy atom. The lowest BCUT2D eigenvalue weighted by Crippen LogP contribution is -2.45. The van der Waals surface area contributed by atoms with E-state index < -0.39 is 0 Å². The molecule has 0 radical (unpaired) electrons. The molecule has 0 bridgehead atoms. The van der Waals surface area contributed by atoms with Gasteiger partial charge in [0.1, 0.15) is 0 Å². The van der Waals surface area contributed by atoms with Crippen molar-refractivity contribution in [3.8, 4) is 0 Å². The first-order chi connectivity index (χ1) is 16.9. The first-order valence-electron chi connectivity index (χ1n) is 11.7. The van der Waals surface area contributed by atoms with Crippen LogP contribution >= 0.6 is 11.8 Å². The predicted molar refractivity (Wildman–Crippen MR) is 139 cm³/mol. The molecule has 0 spiro atoms. The summed E-state index contributed by atoms with van der Waals surface area (Å²) < 4.78 is 0. The Bertz CT molecular complexity index is 1130. The highest BCUT2D eigenvalue weighted by molar-refractivity contribution is 7.99. The SMILES string of the molecule is CCNC(=O)Nc1ccc(Sc2nc(Nc3cc(C(C)C)[nH]n3)nc(N3CCN(C)CC3)n2)cc1. The van der Waals surface area contributed by atoms with Gasteiger partial charge in [-0.3, -0.25) is 5.10 Å². The number of piperazine rings is 1. The number of aromatic amines is 1. The highest BCUT2D eigenvalue weighted by Gasteiger charge is 2.19. The number of carbonyl (C=O) groups excluding carboxylic acids is 1. The fourth-order valence-corrected chi connectivity index (χ4v) is 4.20. The average molecular weight is 497 g/mol. The third kappa shape index (κ3) is 6.83. The quantitative estimate of drug-likeness (QED) is 0.370. The van der Waals surface area contributed by atoms with E-state index in [9.17, 15) is 4.79 Å². The molecule has 0 aliphatic carbocycles. The first-order valence-corrected chi connectivity index (χ1v) is 12.6. The lowest BCUT2D eigenvalue weighted by molar-refractivity contribution is 0.252. The van der Waals surface area contributed by atoms with E-state index in [4.69, 9.17) is 4.98 Å². The summed E-state index contributed by atoms with van der Waals surface area (Å²) in [5.74, 6) is 2.11. The molecule has 0 unspecified atom stereocenters. The Labute approximate surface area is 209 Å². The smallest absolute Gasteiger partial charge is 0.319 e. The van der Waals surface area contributed by atoms with E-state index in [1.54, 1.807) is 0 Å². The summed E-state index contributed by atoms with van der Waals surface area (Å²) in [6.07, 6.45) is 0. The molecule has 0 atom stereocenters. The number of H-pyrrole nitrogens is 1. The van der Waals surface area contributed by atoms with Crippen molar-refractivity contribution in [1.82, 2.24) is 35.4 Å². The van der Waals surface area contributed by atoms with Crippen LogP contribution in [0, 0.1) is 0 Å². The minimum atomic E-state index is -0.225. The monoisotopic (exact) mass is 496 g/mol. The highest BCUT2D eigenvalue weighted by atomic mass is 32.2. The van der Waals surface area contributed by atoms with E-state index in [-0.39, 0.29) is 6.03 Å². The molecule has 2 aromatic heterocycles. The molecule has 186 valence electrons. The molecule has 0 saturated carbocycles. The lowest BCUT2D eigenvalue weighted by Gasteiger charge is -2.32. The number of aromatic nitrogens is 5. The molecule has 1 aliphatic heterocycles. The van der Waals surface area contributed by atoms with Crippen molar-refractivity contribution in [2.45, 2.75) is 36.7 Å². The van der Waals surface area contributed by atoms with Gasteiger partial charge in [-0.1, -0.05) is 13.8 Å². The Morgan fingerprint density at radius 3 is 2.51 bits per heavy atom. The number of carbonyl (C=O) groups is 1. The van der Waals surface area contributed by atoms with E-state index in [0.717, 1.165) is 42.5 Å². The van der Waals surface area contributed by atoms with Crippen LogP contribution in [-0.2, 0) is 0 Å². The van der Waals surface area contributed by atoms with Crippen LogP contribution < -0.4 is 20.9 Å². The van der Waals surface area contributed by atoms with Gasteiger partial charge in [0.05, 0.1) is 0 Å². The van der Waals surface area contributed by atoms with Crippen molar-refractivity contribution in [1.29, 1.82) is 0 Å². The Hall–Kier alpha value is -3.38. The zero-order valence-electron chi connectivity index (χ0n) is 20.5. The van der Waals surface area contributed by atoms with E-state index in [2.05, 4.69) is 66.8 Å². The number of likely N-dealkylation sites (N-methyl/N-ethyl adjacent to an activating group) is 1. The molecule has 4 N–H and O–H groups in total. The predicted octanol–water partition coefficient (Wildman–Crippen LogP) is 3.51. The van der Waals surface area contributed by atoms with Crippen molar-refractivity contribution in [2.24, 2.45) is 0 Å². The van der Waals surface area contributed by atoms with Crippen LogP contribution in [0.2, 0.25) is 0 Å². The third-order valence-electron chi connectivity index (χ3n) is 5.51. The van der Waals surface area contributed by atoms with Gasteiger partial charge in [-0.2, -0.15) is 20.1 Å². The summed E-state index contributed by atoms with van der Waals surface area (Å²) >= 11 is 1.44.